The summed E-state index contributed by atoms with van der Waals surface area (Å²) >= 11 is 8.94. The van der Waals surface area contributed by atoms with Gasteiger partial charge in [-0.15, -0.1) is 0 Å². The van der Waals surface area contributed by atoms with Crippen molar-refractivity contribution in [3.63, 3.8) is 0 Å². The maximum atomic E-state index is 11.2. The summed E-state index contributed by atoms with van der Waals surface area (Å²) in [4.78, 5) is 15.1. The Morgan fingerprint density at radius 2 is 1.88 bits per heavy atom. The molecule has 1 aromatic heterocycles. The highest BCUT2D eigenvalue weighted by Gasteiger charge is 2.16. The molecule has 1 aromatic carbocycles. The lowest BCUT2D eigenvalue weighted by molar-refractivity contribution is 0.0696. The SMILES string of the molecule is O=C(O)c1c(-c2ccc(Cl)cc2)ccnc1Br. The van der Waals surface area contributed by atoms with Crippen LogP contribution in [-0.4, -0.2) is 16.1 Å². The minimum atomic E-state index is -1.02. The van der Waals surface area contributed by atoms with Crippen LogP contribution in [-0.2, 0) is 0 Å². The largest absolute Gasteiger partial charge is 0.478 e. The van der Waals surface area contributed by atoms with E-state index in [1.165, 1.54) is 0 Å². The number of halogens is 2. The van der Waals surface area contributed by atoms with Crippen LogP contribution in [0.1, 0.15) is 10.4 Å². The Balaban J connectivity index is 2.63. The van der Waals surface area contributed by atoms with Gasteiger partial charge in [-0.05, 0) is 39.7 Å². The number of carboxylic acid groups (broad SMARTS) is 1. The van der Waals surface area contributed by atoms with Gasteiger partial charge in [0.2, 0.25) is 0 Å². The molecule has 0 radical (unpaired) electrons. The maximum absolute atomic E-state index is 11.2. The van der Waals surface area contributed by atoms with E-state index < -0.39 is 5.97 Å². The van der Waals surface area contributed by atoms with Crippen LogP contribution in [0.4, 0.5) is 0 Å². The Hall–Kier alpha value is -1.39. The lowest BCUT2D eigenvalue weighted by Gasteiger charge is -2.07. The second kappa shape index (κ2) is 4.85. The van der Waals surface area contributed by atoms with Crippen LogP contribution in [0.5, 0.6) is 0 Å². The molecule has 0 spiro atoms. The first-order valence-corrected chi connectivity index (χ1v) is 5.90. The molecule has 5 heteroatoms. The van der Waals surface area contributed by atoms with Crippen molar-refractivity contribution < 1.29 is 9.90 Å². The van der Waals surface area contributed by atoms with Gasteiger partial charge in [0, 0.05) is 16.8 Å². The van der Waals surface area contributed by atoms with Gasteiger partial charge in [0.1, 0.15) is 10.2 Å². The van der Waals surface area contributed by atoms with E-state index in [-0.39, 0.29) is 5.56 Å². The van der Waals surface area contributed by atoms with E-state index in [9.17, 15) is 4.79 Å². The third kappa shape index (κ3) is 2.48. The van der Waals surface area contributed by atoms with Crippen molar-refractivity contribution in [2.45, 2.75) is 0 Å². The first-order valence-electron chi connectivity index (χ1n) is 4.73. The Labute approximate surface area is 111 Å². The second-order valence-corrected chi connectivity index (χ2v) is 4.52. The van der Waals surface area contributed by atoms with Crippen LogP contribution >= 0.6 is 27.5 Å². The average molecular weight is 313 g/mol. The minimum absolute atomic E-state index is 0.148. The number of carboxylic acids is 1. The van der Waals surface area contributed by atoms with Crippen LogP contribution in [0.25, 0.3) is 11.1 Å². The highest BCUT2D eigenvalue weighted by molar-refractivity contribution is 9.10. The first kappa shape index (κ1) is 12.1. The molecule has 0 aliphatic carbocycles. The summed E-state index contributed by atoms with van der Waals surface area (Å²) in [5.74, 6) is -1.02. The number of aromatic carboxylic acids is 1. The van der Waals surface area contributed by atoms with Gasteiger partial charge in [-0.1, -0.05) is 23.7 Å². The summed E-state index contributed by atoms with van der Waals surface area (Å²) in [6.45, 7) is 0. The third-order valence-corrected chi connectivity index (χ3v) is 3.13. The highest BCUT2D eigenvalue weighted by atomic mass is 79.9. The molecule has 0 aliphatic rings. The normalized spacial score (nSPS) is 10.2. The van der Waals surface area contributed by atoms with Crippen LogP contribution in [0.15, 0.2) is 41.1 Å². The summed E-state index contributed by atoms with van der Waals surface area (Å²) in [7, 11) is 0. The minimum Gasteiger partial charge on any atom is -0.478 e. The van der Waals surface area contributed by atoms with Crippen molar-refractivity contribution in [2.75, 3.05) is 0 Å². The predicted molar refractivity (Wildman–Crippen MR) is 69.3 cm³/mol. The molecule has 1 heterocycles. The number of aromatic nitrogens is 1. The molecule has 86 valence electrons. The molecule has 0 saturated carbocycles. The van der Waals surface area contributed by atoms with Gasteiger partial charge < -0.3 is 5.11 Å². The summed E-state index contributed by atoms with van der Waals surface area (Å²) in [6, 6.07) is 8.65. The number of rotatable bonds is 2. The molecule has 0 atom stereocenters. The van der Waals surface area contributed by atoms with Crippen molar-refractivity contribution in [3.05, 3.63) is 51.7 Å². The number of benzene rings is 1. The summed E-state index contributed by atoms with van der Waals surface area (Å²) in [5.41, 5.74) is 1.54. The molecule has 0 unspecified atom stereocenters. The molecular weight excluding hydrogens is 305 g/mol. The number of hydrogen-bond donors (Lipinski definition) is 1. The van der Waals surface area contributed by atoms with Gasteiger partial charge in [0.15, 0.2) is 0 Å². The predicted octanol–water partition coefficient (Wildman–Crippen LogP) is 3.86. The fourth-order valence-electron chi connectivity index (χ4n) is 1.51. The molecule has 2 aromatic rings. The molecule has 3 nitrogen and oxygen atoms in total. The fourth-order valence-corrected chi connectivity index (χ4v) is 2.14. The van der Waals surface area contributed by atoms with Crippen molar-refractivity contribution in [2.24, 2.45) is 0 Å². The van der Waals surface area contributed by atoms with Gasteiger partial charge in [0.25, 0.3) is 0 Å². The maximum Gasteiger partial charge on any atom is 0.339 e. The quantitative estimate of drug-likeness (QED) is 0.857. The molecule has 0 saturated heterocycles. The number of nitrogens with zero attached hydrogens (tertiary/aromatic N) is 1. The van der Waals surface area contributed by atoms with Gasteiger partial charge >= 0.3 is 5.97 Å². The van der Waals surface area contributed by atoms with Crippen molar-refractivity contribution in [1.82, 2.24) is 4.98 Å². The third-order valence-electron chi connectivity index (χ3n) is 2.27. The molecule has 1 N–H and O–H groups in total. The molecule has 17 heavy (non-hydrogen) atoms. The summed E-state index contributed by atoms with van der Waals surface area (Å²) < 4.78 is 0.317. The zero-order valence-corrected chi connectivity index (χ0v) is 10.9. The number of carbonyl (C=O) groups is 1. The molecule has 2 rings (SSSR count). The second-order valence-electron chi connectivity index (χ2n) is 3.34. The van der Waals surface area contributed by atoms with Crippen LogP contribution in [0.3, 0.4) is 0 Å². The monoisotopic (exact) mass is 311 g/mol. The lowest BCUT2D eigenvalue weighted by atomic mass is 10.0. The Bertz CT molecular complexity index is 569. The van der Waals surface area contributed by atoms with E-state index in [1.807, 2.05) is 0 Å². The van der Waals surface area contributed by atoms with Gasteiger partial charge in [-0.25, -0.2) is 9.78 Å². The van der Waals surface area contributed by atoms with Crippen molar-refractivity contribution in [1.29, 1.82) is 0 Å². The van der Waals surface area contributed by atoms with Gasteiger partial charge in [-0.2, -0.15) is 0 Å². The lowest BCUT2D eigenvalue weighted by Crippen LogP contribution is -2.02. The first-order chi connectivity index (χ1) is 8.09. The van der Waals surface area contributed by atoms with E-state index >= 15 is 0 Å². The Morgan fingerprint density at radius 3 is 2.47 bits per heavy atom. The summed E-state index contributed by atoms with van der Waals surface area (Å²) in [6.07, 6.45) is 1.56. The van der Waals surface area contributed by atoms with Crippen molar-refractivity contribution in [3.8, 4) is 11.1 Å². The Morgan fingerprint density at radius 1 is 1.24 bits per heavy atom. The van der Waals surface area contributed by atoms with Gasteiger partial charge in [-0.3, -0.25) is 0 Å². The zero-order valence-electron chi connectivity index (χ0n) is 8.52. The standard InChI is InChI=1S/C12H7BrClNO2/c13-11-10(12(16)17)9(5-6-15-11)7-1-3-8(14)4-2-7/h1-6H,(H,16,17). The van der Waals surface area contributed by atoms with E-state index in [2.05, 4.69) is 20.9 Å². The molecular formula is C12H7BrClNO2. The topological polar surface area (TPSA) is 50.2 Å². The highest BCUT2D eigenvalue weighted by Crippen LogP contribution is 2.28. The Kier molecular flexibility index (Phi) is 3.45. The van der Waals surface area contributed by atoms with E-state index in [1.54, 1.807) is 36.5 Å². The number of pyridine rings is 1. The smallest absolute Gasteiger partial charge is 0.339 e. The van der Waals surface area contributed by atoms with Crippen LogP contribution in [0, 0.1) is 0 Å². The van der Waals surface area contributed by atoms with Crippen LogP contribution < -0.4 is 0 Å². The molecule has 0 amide bonds. The fraction of sp³-hybridized carbons (Fsp3) is 0. The van der Waals surface area contributed by atoms with E-state index in [0.29, 0.717) is 15.2 Å². The number of hydrogen-bond acceptors (Lipinski definition) is 2. The van der Waals surface area contributed by atoms with Crippen LogP contribution in [0.2, 0.25) is 5.02 Å². The van der Waals surface area contributed by atoms with Crippen molar-refractivity contribution >= 4 is 33.5 Å². The van der Waals surface area contributed by atoms with E-state index in [0.717, 1.165) is 5.56 Å². The molecule has 0 bridgehead atoms. The zero-order chi connectivity index (χ0) is 12.4. The van der Waals surface area contributed by atoms with Gasteiger partial charge in [0.05, 0.1) is 0 Å². The average Bonchev–Trinajstić information content (AvgIpc) is 2.29. The van der Waals surface area contributed by atoms with E-state index in [4.69, 9.17) is 16.7 Å². The molecule has 0 fully saturated rings. The molecule has 0 aliphatic heterocycles. The summed E-state index contributed by atoms with van der Waals surface area (Å²) in [5, 5.41) is 9.78.